The third-order valence-corrected chi connectivity index (χ3v) is 4.44. The van der Waals surface area contributed by atoms with Crippen LogP contribution in [0, 0.1) is 0 Å². The zero-order chi connectivity index (χ0) is 19.3. The molecule has 0 atom stereocenters. The molecule has 0 unspecified atom stereocenters. The van der Waals surface area contributed by atoms with Gasteiger partial charge in [-0.3, -0.25) is 15.1 Å². The molecule has 0 saturated carbocycles. The van der Waals surface area contributed by atoms with E-state index in [1.807, 2.05) is 6.07 Å². The molecule has 0 aliphatic rings. The molecule has 1 aromatic carbocycles. The van der Waals surface area contributed by atoms with E-state index >= 15 is 0 Å². The number of carbonyl (C=O) groups is 1. The van der Waals surface area contributed by atoms with Gasteiger partial charge < -0.3 is 0 Å². The van der Waals surface area contributed by atoms with Crippen molar-refractivity contribution in [2.24, 2.45) is 0 Å². The van der Waals surface area contributed by atoms with Gasteiger partial charge in [-0.1, -0.05) is 24.3 Å². The number of alkyl halides is 3. The highest BCUT2D eigenvalue weighted by molar-refractivity contribution is 7.15. The second kappa shape index (κ2) is 8.13. The summed E-state index contributed by atoms with van der Waals surface area (Å²) in [6.45, 7) is 0. The highest BCUT2D eigenvalue weighted by atomic mass is 32.1. The van der Waals surface area contributed by atoms with Gasteiger partial charge in [0.15, 0.2) is 5.13 Å². The Bertz CT molecular complexity index is 952. The summed E-state index contributed by atoms with van der Waals surface area (Å²) in [6.07, 6.45) is 3.74. The van der Waals surface area contributed by atoms with Gasteiger partial charge in [0.05, 0.1) is 5.56 Å². The number of halogens is 3. The van der Waals surface area contributed by atoms with Crippen LogP contribution in [0.3, 0.4) is 0 Å². The maximum atomic E-state index is 12.8. The van der Waals surface area contributed by atoms with Crippen molar-refractivity contribution < 1.29 is 18.0 Å². The van der Waals surface area contributed by atoms with Crippen molar-refractivity contribution >= 4 is 28.5 Å². The largest absolute Gasteiger partial charge is 0.416 e. The number of nitrogens with zero attached hydrogens (tertiary/aromatic N) is 2. The number of rotatable bonds is 5. The van der Waals surface area contributed by atoms with E-state index in [2.05, 4.69) is 15.3 Å². The third kappa shape index (κ3) is 5.49. The van der Waals surface area contributed by atoms with Crippen molar-refractivity contribution in [3.8, 4) is 0 Å². The standard InChI is InChI=1S/C19H14F3N3OS/c20-19(21,22)15-5-1-3-14(9-15)10-16-12-24-18(27-16)25-17(26)7-6-13-4-2-8-23-11-13/h1-9,11-12H,10H2,(H,24,25,26). The van der Waals surface area contributed by atoms with Gasteiger partial charge >= 0.3 is 6.18 Å². The van der Waals surface area contributed by atoms with E-state index in [-0.39, 0.29) is 5.91 Å². The summed E-state index contributed by atoms with van der Waals surface area (Å²) in [5.41, 5.74) is 0.637. The van der Waals surface area contributed by atoms with Crippen molar-refractivity contribution in [1.82, 2.24) is 9.97 Å². The summed E-state index contributed by atoms with van der Waals surface area (Å²) in [7, 11) is 0. The summed E-state index contributed by atoms with van der Waals surface area (Å²) in [5.74, 6) is -0.348. The molecule has 4 nitrogen and oxygen atoms in total. The lowest BCUT2D eigenvalue weighted by Crippen LogP contribution is -2.07. The summed E-state index contributed by atoms with van der Waals surface area (Å²) >= 11 is 1.22. The van der Waals surface area contributed by atoms with Gasteiger partial charge in [0.25, 0.3) is 0 Å². The Hall–Kier alpha value is -3.00. The fourth-order valence-corrected chi connectivity index (χ4v) is 3.15. The average Bonchev–Trinajstić information content (AvgIpc) is 3.07. The van der Waals surface area contributed by atoms with Crippen LogP contribution < -0.4 is 5.32 Å². The number of hydrogen-bond donors (Lipinski definition) is 1. The molecule has 1 amide bonds. The zero-order valence-electron chi connectivity index (χ0n) is 13.9. The number of carbonyl (C=O) groups excluding carboxylic acids is 1. The van der Waals surface area contributed by atoms with Crippen LogP contribution >= 0.6 is 11.3 Å². The molecule has 0 bridgehead atoms. The van der Waals surface area contributed by atoms with E-state index in [1.54, 1.807) is 36.8 Å². The van der Waals surface area contributed by atoms with Gasteiger partial charge in [-0.2, -0.15) is 13.2 Å². The first-order chi connectivity index (χ1) is 12.9. The lowest BCUT2D eigenvalue weighted by Gasteiger charge is -2.07. The van der Waals surface area contributed by atoms with Crippen LogP contribution in [0.4, 0.5) is 18.3 Å². The van der Waals surface area contributed by atoms with Gasteiger partial charge in [0, 0.05) is 36.0 Å². The summed E-state index contributed by atoms with van der Waals surface area (Å²) in [5, 5.41) is 3.02. The van der Waals surface area contributed by atoms with Crippen LogP contribution in [-0.2, 0) is 17.4 Å². The number of anilines is 1. The van der Waals surface area contributed by atoms with Crippen molar-refractivity contribution in [1.29, 1.82) is 0 Å². The summed E-state index contributed by atoms with van der Waals surface area (Å²) < 4.78 is 38.3. The Morgan fingerprint density at radius 2 is 2.04 bits per heavy atom. The Balaban J connectivity index is 1.62. The minimum atomic E-state index is -4.37. The Morgan fingerprint density at radius 1 is 1.19 bits per heavy atom. The number of amides is 1. The molecule has 0 aliphatic carbocycles. The molecule has 0 aliphatic heterocycles. The van der Waals surface area contributed by atoms with E-state index in [9.17, 15) is 18.0 Å². The molecule has 3 aromatic rings. The number of aromatic nitrogens is 2. The predicted molar refractivity (Wildman–Crippen MR) is 98.3 cm³/mol. The first-order valence-electron chi connectivity index (χ1n) is 7.90. The van der Waals surface area contributed by atoms with E-state index < -0.39 is 11.7 Å². The van der Waals surface area contributed by atoms with Gasteiger partial charge in [-0.05, 0) is 29.3 Å². The minimum Gasteiger partial charge on any atom is -0.298 e. The summed E-state index contributed by atoms with van der Waals surface area (Å²) in [6, 6.07) is 8.74. The number of nitrogens with one attached hydrogen (secondary N) is 1. The lowest BCUT2D eigenvalue weighted by molar-refractivity contribution is -0.137. The highest BCUT2D eigenvalue weighted by Crippen LogP contribution is 2.30. The molecular weight excluding hydrogens is 375 g/mol. The zero-order valence-corrected chi connectivity index (χ0v) is 14.7. The quantitative estimate of drug-likeness (QED) is 0.638. The average molecular weight is 389 g/mol. The van der Waals surface area contributed by atoms with Gasteiger partial charge in [-0.15, -0.1) is 11.3 Å². The van der Waals surface area contributed by atoms with Crippen molar-refractivity contribution in [3.05, 3.63) is 82.6 Å². The van der Waals surface area contributed by atoms with E-state index in [0.29, 0.717) is 17.1 Å². The van der Waals surface area contributed by atoms with E-state index in [1.165, 1.54) is 23.5 Å². The van der Waals surface area contributed by atoms with E-state index in [0.717, 1.165) is 22.6 Å². The molecule has 138 valence electrons. The van der Waals surface area contributed by atoms with Crippen molar-refractivity contribution in [2.45, 2.75) is 12.6 Å². The third-order valence-electron chi connectivity index (χ3n) is 3.53. The first kappa shape index (κ1) is 18.8. The van der Waals surface area contributed by atoms with Gasteiger partial charge in [0.2, 0.25) is 5.91 Å². The second-order valence-corrected chi connectivity index (χ2v) is 6.73. The monoisotopic (exact) mass is 389 g/mol. The van der Waals surface area contributed by atoms with Crippen LogP contribution in [0.15, 0.2) is 61.1 Å². The maximum absolute atomic E-state index is 12.8. The second-order valence-electron chi connectivity index (χ2n) is 5.62. The molecule has 2 heterocycles. The highest BCUT2D eigenvalue weighted by Gasteiger charge is 2.30. The van der Waals surface area contributed by atoms with Crippen LogP contribution in [0.25, 0.3) is 6.08 Å². The number of hydrogen-bond acceptors (Lipinski definition) is 4. The summed E-state index contributed by atoms with van der Waals surface area (Å²) in [4.78, 5) is 20.7. The molecule has 0 fully saturated rings. The van der Waals surface area contributed by atoms with E-state index in [4.69, 9.17) is 0 Å². The smallest absolute Gasteiger partial charge is 0.298 e. The molecule has 0 saturated heterocycles. The maximum Gasteiger partial charge on any atom is 0.416 e. The van der Waals surface area contributed by atoms with Gasteiger partial charge in [-0.25, -0.2) is 4.98 Å². The first-order valence-corrected chi connectivity index (χ1v) is 8.72. The normalized spacial score (nSPS) is 11.7. The molecule has 27 heavy (non-hydrogen) atoms. The van der Waals surface area contributed by atoms with Crippen LogP contribution in [0.1, 0.15) is 21.6 Å². The van der Waals surface area contributed by atoms with Crippen LogP contribution in [0.2, 0.25) is 0 Å². The molecular formula is C19H14F3N3OS. The SMILES string of the molecule is O=C(C=Cc1cccnc1)Nc1ncc(Cc2cccc(C(F)(F)F)c2)s1. The Labute approximate surface area is 157 Å². The fraction of sp³-hybridized carbons (Fsp3) is 0.105. The van der Waals surface area contributed by atoms with Gasteiger partial charge in [0.1, 0.15) is 0 Å². The lowest BCUT2D eigenvalue weighted by atomic mass is 10.1. The molecule has 8 heteroatoms. The molecule has 0 spiro atoms. The number of thiazole rings is 1. The van der Waals surface area contributed by atoms with Crippen LogP contribution in [-0.4, -0.2) is 15.9 Å². The van der Waals surface area contributed by atoms with Crippen LogP contribution in [0.5, 0.6) is 0 Å². The molecule has 0 radical (unpaired) electrons. The van der Waals surface area contributed by atoms with Crippen molar-refractivity contribution in [2.75, 3.05) is 5.32 Å². The number of pyridine rings is 1. The molecule has 2 aromatic heterocycles. The number of benzene rings is 1. The molecule has 3 rings (SSSR count). The Morgan fingerprint density at radius 3 is 2.78 bits per heavy atom. The minimum absolute atomic E-state index is 0.309. The Kier molecular flexibility index (Phi) is 5.66. The topological polar surface area (TPSA) is 54.9 Å². The van der Waals surface area contributed by atoms with Crippen molar-refractivity contribution in [3.63, 3.8) is 0 Å². The molecule has 1 N–H and O–H groups in total. The fourth-order valence-electron chi connectivity index (χ4n) is 2.30. The predicted octanol–water partition coefficient (Wildman–Crippen LogP) is 4.80.